The zero-order valence-electron chi connectivity index (χ0n) is 6.48. The Balaban J connectivity index is 2.72. The Kier molecular flexibility index (Phi) is 3.57. The summed E-state index contributed by atoms with van der Waals surface area (Å²) in [6, 6.07) is 0. The normalized spacial score (nSPS) is 23.0. The third-order valence-electron chi connectivity index (χ3n) is 1.35. The van der Waals surface area contributed by atoms with Crippen LogP contribution >= 0.6 is 35.3 Å². The van der Waals surface area contributed by atoms with Gasteiger partial charge in [-0.3, -0.25) is 0 Å². The maximum Gasteiger partial charge on any atom is 0.421 e. The van der Waals surface area contributed by atoms with Crippen LogP contribution in [0.1, 0.15) is 6.92 Å². The lowest BCUT2D eigenvalue weighted by molar-refractivity contribution is -0.118. The monoisotopic (exact) mass is 234 g/mol. The predicted molar refractivity (Wildman–Crippen MR) is 51.8 cm³/mol. The average molecular weight is 234 g/mol. The van der Waals surface area contributed by atoms with Gasteiger partial charge < -0.3 is 0 Å². The van der Waals surface area contributed by atoms with Crippen LogP contribution in [-0.2, 0) is 0 Å². The molecule has 0 N–H and O–H groups in total. The quantitative estimate of drug-likeness (QED) is 0.718. The molecule has 0 radical (unpaired) electrons. The fourth-order valence-electron chi connectivity index (χ4n) is 0.913. The summed E-state index contributed by atoms with van der Waals surface area (Å²) in [5.41, 5.74) is 0. The summed E-state index contributed by atoms with van der Waals surface area (Å²) in [5.74, 6) is 1.73. The van der Waals surface area contributed by atoms with Gasteiger partial charge in [0, 0.05) is 11.5 Å². The highest BCUT2D eigenvalue weighted by atomic mass is 32.3. The minimum absolute atomic E-state index is 0.513. The van der Waals surface area contributed by atoms with E-state index in [2.05, 4.69) is 0 Å². The second kappa shape index (κ2) is 3.92. The Morgan fingerprint density at radius 3 is 2.17 bits per heavy atom. The molecule has 0 bridgehead atoms. The van der Waals surface area contributed by atoms with Crippen LogP contribution in [0.5, 0.6) is 0 Å². The third-order valence-corrected chi connectivity index (χ3v) is 6.67. The van der Waals surface area contributed by atoms with Crippen molar-refractivity contribution in [1.82, 2.24) is 0 Å². The van der Waals surface area contributed by atoms with Crippen LogP contribution in [0.25, 0.3) is 0 Å². The van der Waals surface area contributed by atoms with Crippen LogP contribution in [0.15, 0.2) is 0 Å². The van der Waals surface area contributed by atoms with Crippen LogP contribution in [0.2, 0.25) is 0 Å². The van der Waals surface area contributed by atoms with Crippen LogP contribution in [0, 0.1) is 0 Å². The summed E-state index contributed by atoms with van der Waals surface area (Å²) in [6.07, 6.45) is -4.08. The third kappa shape index (κ3) is 2.01. The summed E-state index contributed by atoms with van der Waals surface area (Å²) in [4.78, 5) is 0. The van der Waals surface area contributed by atoms with Crippen molar-refractivity contribution in [3.63, 3.8) is 0 Å². The predicted octanol–water partition coefficient (Wildman–Crippen LogP) is 3.44. The van der Waals surface area contributed by atoms with Gasteiger partial charge in [0.1, 0.15) is 0 Å². The summed E-state index contributed by atoms with van der Waals surface area (Å²) in [5, 5.41) is 0. The van der Waals surface area contributed by atoms with E-state index in [0.717, 1.165) is 35.3 Å². The Bertz CT molecular complexity index is 151. The van der Waals surface area contributed by atoms with Crippen LogP contribution in [-0.4, -0.2) is 26.8 Å². The Labute approximate surface area is 82.4 Å². The van der Waals surface area contributed by atoms with Crippen molar-refractivity contribution in [1.29, 1.82) is 0 Å². The molecule has 0 saturated carbocycles. The molecule has 0 aromatic heterocycles. The molecule has 0 nitrogen and oxygen atoms in total. The van der Waals surface area contributed by atoms with E-state index in [9.17, 15) is 13.2 Å². The number of halogens is 3. The van der Waals surface area contributed by atoms with E-state index in [0.29, 0.717) is 17.3 Å². The molecule has 0 atom stereocenters. The van der Waals surface area contributed by atoms with Gasteiger partial charge in [-0.25, -0.2) is 0 Å². The van der Waals surface area contributed by atoms with Crippen LogP contribution in [0.4, 0.5) is 13.2 Å². The SMILES string of the molecule is CCSC1(C(F)(F)F)SCCS1. The molecule has 12 heavy (non-hydrogen) atoms. The molecule has 0 aliphatic carbocycles. The Morgan fingerprint density at radius 2 is 1.83 bits per heavy atom. The van der Waals surface area contributed by atoms with Crippen LogP contribution < -0.4 is 0 Å². The molecule has 0 spiro atoms. The maximum atomic E-state index is 12.5. The van der Waals surface area contributed by atoms with Crippen LogP contribution in [0.3, 0.4) is 0 Å². The first-order chi connectivity index (χ1) is 5.52. The van der Waals surface area contributed by atoms with E-state index in [1.165, 1.54) is 0 Å². The largest absolute Gasteiger partial charge is 0.421 e. The topological polar surface area (TPSA) is 0 Å². The molecular weight excluding hydrogens is 225 g/mol. The van der Waals surface area contributed by atoms with E-state index in [4.69, 9.17) is 0 Å². The van der Waals surface area contributed by atoms with Gasteiger partial charge in [-0.05, 0) is 5.75 Å². The molecule has 72 valence electrons. The number of alkyl halides is 3. The first-order valence-electron chi connectivity index (χ1n) is 3.50. The van der Waals surface area contributed by atoms with Gasteiger partial charge in [0.2, 0.25) is 3.41 Å². The minimum atomic E-state index is -4.08. The molecule has 1 fully saturated rings. The van der Waals surface area contributed by atoms with Gasteiger partial charge in [0.15, 0.2) is 0 Å². The lowest BCUT2D eigenvalue weighted by Gasteiger charge is -2.28. The van der Waals surface area contributed by atoms with Gasteiger partial charge in [0.05, 0.1) is 0 Å². The first kappa shape index (κ1) is 10.9. The first-order valence-corrected chi connectivity index (χ1v) is 6.46. The second-order valence-electron chi connectivity index (χ2n) is 2.18. The lowest BCUT2D eigenvalue weighted by atomic mass is 10.7. The zero-order chi connectivity index (χ0) is 9.24. The van der Waals surface area contributed by atoms with Crippen molar-refractivity contribution in [2.24, 2.45) is 0 Å². The van der Waals surface area contributed by atoms with Crippen molar-refractivity contribution in [3.8, 4) is 0 Å². The minimum Gasteiger partial charge on any atom is -0.168 e. The van der Waals surface area contributed by atoms with Gasteiger partial charge in [-0.15, -0.1) is 35.3 Å². The van der Waals surface area contributed by atoms with Gasteiger partial charge in [-0.2, -0.15) is 13.2 Å². The van der Waals surface area contributed by atoms with E-state index in [1.807, 2.05) is 0 Å². The maximum absolute atomic E-state index is 12.5. The molecule has 1 aliphatic rings. The summed E-state index contributed by atoms with van der Waals surface area (Å²) >= 11 is 3.04. The van der Waals surface area contributed by atoms with E-state index in [-0.39, 0.29) is 0 Å². The van der Waals surface area contributed by atoms with Crippen molar-refractivity contribution >= 4 is 35.3 Å². The molecule has 1 saturated heterocycles. The highest BCUT2D eigenvalue weighted by Crippen LogP contribution is 2.60. The summed E-state index contributed by atoms with van der Waals surface area (Å²) < 4.78 is 36.1. The number of hydrogen-bond acceptors (Lipinski definition) is 3. The smallest absolute Gasteiger partial charge is 0.168 e. The molecule has 0 unspecified atom stereocenters. The van der Waals surface area contributed by atoms with Gasteiger partial charge >= 0.3 is 6.18 Å². The molecule has 1 heterocycles. The van der Waals surface area contributed by atoms with Gasteiger partial charge in [0.25, 0.3) is 0 Å². The molecule has 0 amide bonds. The highest BCUT2D eigenvalue weighted by Gasteiger charge is 2.58. The molecule has 0 aromatic carbocycles. The van der Waals surface area contributed by atoms with Crippen molar-refractivity contribution < 1.29 is 13.2 Å². The van der Waals surface area contributed by atoms with E-state index in [1.54, 1.807) is 6.92 Å². The summed E-state index contributed by atoms with van der Waals surface area (Å²) in [6.45, 7) is 1.76. The van der Waals surface area contributed by atoms with Crippen molar-refractivity contribution in [2.45, 2.75) is 16.5 Å². The van der Waals surface area contributed by atoms with E-state index >= 15 is 0 Å². The van der Waals surface area contributed by atoms with Gasteiger partial charge in [-0.1, -0.05) is 6.92 Å². The fraction of sp³-hybridized carbons (Fsp3) is 1.00. The average Bonchev–Trinajstić information content (AvgIpc) is 2.36. The zero-order valence-corrected chi connectivity index (χ0v) is 8.93. The van der Waals surface area contributed by atoms with Crippen molar-refractivity contribution in [3.05, 3.63) is 0 Å². The molecular formula is C6H9F3S3. The standard InChI is InChI=1S/C6H9F3S3/c1-2-10-6(5(7,8)9)11-3-4-12-6/h2-4H2,1H3. The fourth-order valence-corrected chi connectivity index (χ4v) is 5.69. The van der Waals surface area contributed by atoms with Crippen molar-refractivity contribution in [2.75, 3.05) is 17.3 Å². The molecule has 1 rings (SSSR count). The number of thioether (sulfide) groups is 3. The van der Waals surface area contributed by atoms with E-state index < -0.39 is 9.59 Å². The lowest BCUT2D eigenvalue weighted by Crippen LogP contribution is -2.33. The second-order valence-corrected chi connectivity index (χ2v) is 7.06. The number of rotatable bonds is 2. The highest BCUT2D eigenvalue weighted by molar-refractivity contribution is 8.35. The Morgan fingerprint density at radius 1 is 1.33 bits per heavy atom. The molecule has 1 aliphatic heterocycles. The molecule has 6 heteroatoms. The summed E-state index contributed by atoms with van der Waals surface area (Å²) in [7, 11) is 0. The molecule has 0 aromatic rings. The Hall–Kier alpha value is 0.840. The number of hydrogen-bond donors (Lipinski definition) is 0.